The fourth-order valence-electron chi connectivity index (χ4n) is 2.24. The molecule has 0 radical (unpaired) electrons. The van der Waals surface area contributed by atoms with Gasteiger partial charge in [-0.2, -0.15) is 5.10 Å². The van der Waals surface area contributed by atoms with Crippen LogP contribution in [0, 0.1) is 19.8 Å². The highest BCUT2D eigenvalue weighted by atomic mass is 16.5. The van der Waals surface area contributed by atoms with Gasteiger partial charge in [-0.1, -0.05) is 6.92 Å². The van der Waals surface area contributed by atoms with Crippen LogP contribution in [0.1, 0.15) is 36.8 Å². The molecule has 17 heavy (non-hydrogen) atoms. The van der Waals surface area contributed by atoms with Gasteiger partial charge < -0.3 is 10.1 Å². The highest BCUT2D eigenvalue weighted by molar-refractivity contribution is 5.27. The van der Waals surface area contributed by atoms with Crippen molar-refractivity contribution in [3.63, 3.8) is 0 Å². The first-order chi connectivity index (χ1) is 7.97. The van der Waals surface area contributed by atoms with E-state index in [0.717, 1.165) is 18.8 Å². The summed E-state index contributed by atoms with van der Waals surface area (Å²) in [6.45, 7) is 10.3. The monoisotopic (exact) mass is 239 g/mol. The van der Waals surface area contributed by atoms with E-state index >= 15 is 0 Å². The molecule has 98 valence electrons. The zero-order valence-electron chi connectivity index (χ0n) is 11.9. The van der Waals surface area contributed by atoms with Crippen molar-refractivity contribution in [3.8, 4) is 0 Å². The molecule has 1 aromatic rings. The lowest BCUT2D eigenvalue weighted by atomic mass is 10.1. The van der Waals surface area contributed by atoms with Crippen LogP contribution in [0.2, 0.25) is 0 Å². The molecule has 1 aromatic heterocycles. The van der Waals surface area contributed by atoms with Crippen molar-refractivity contribution in [3.05, 3.63) is 17.0 Å². The molecular weight excluding hydrogens is 214 g/mol. The highest BCUT2D eigenvalue weighted by Crippen LogP contribution is 2.20. The highest BCUT2D eigenvalue weighted by Gasteiger charge is 2.16. The van der Waals surface area contributed by atoms with E-state index in [1.54, 1.807) is 7.11 Å². The van der Waals surface area contributed by atoms with E-state index in [-0.39, 0.29) is 0 Å². The summed E-state index contributed by atoms with van der Waals surface area (Å²) in [4.78, 5) is 0. The Balaban J connectivity index is 2.61. The van der Waals surface area contributed by atoms with Gasteiger partial charge in [0.25, 0.3) is 0 Å². The quantitative estimate of drug-likeness (QED) is 0.825. The zero-order valence-corrected chi connectivity index (χ0v) is 11.9. The van der Waals surface area contributed by atoms with Gasteiger partial charge in [-0.15, -0.1) is 0 Å². The van der Waals surface area contributed by atoms with Crippen LogP contribution in [0.15, 0.2) is 0 Å². The number of hydrogen-bond acceptors (Lipinski definition) is 3. The maximum atomic E-state index is 5.14. The standard InChI is InChI=1S/C13H25N3O/c1-9(8-17-6)7-14-10(2)13-11(3)15-16(5)12(13)4/h9-10,14H,7-8H2,1-6H3. The first kappa shape index (κ1) is 14.2. The molecule has 0 spiro atoms. The molecule has 0 amide bonds. The van der Waals surface area contributed by atoms with Crippen LogP contribution < -0.4 is 5.32 Å². The molecule has 0 aliphatic heterocycles. The lowest BCUT2D eigenvalue weighted by Gasteiger charge is -2.18. The Morgan fingerprint density at radius 2 is 2.00 bits per heavy atom. The molecule has 1 N–H and O–H groups in total. The first-order valence-electron chi connectivity index (χ1n) is 6.19. The third kappa shape index (κ3) is 3.54. The van der Waals surface area contributed by atoms with Crippen LogP contribution in [-0.2, 0) is 11.8 Å². The van der Waals surface area contributed by atoms with E-state index in [1.165, 1.54) is 11.3 Å². The predicted octanol–water partition coefficient (Wildman–Crippen LogP) is 1.97. The van der Waals surface area contributed by atoms with Crippen molar-refractivity contribution < 1.29 is 4.74 Å². The van der Waals surface area contributed by atoms with Gasteiger partial charge in [0.05, 0.1) is 5.69 Å². The SMILES string of the molecule is COCC(C)CNC(C)c1c(C)nn(C)c1C. The fraction of sp³-hybridized carbons (Fsp3) is 0.769. The lowest BCUT2D eigenvalue weighted by molar-refractivity contribution is 0.157. The zero-order chi connectivity index (χ0) is 13.0. The summed E-state index contributed by atoms with van der Waals surface area (Å²) in [6, 6.07) is 0.336. The minimum atomic E-state index is 0.336. The molecule has 4 nitrogen and oxygen atoms in total. The number of rotatable bonds is 6. The molecular formula is C13H25N3O. The molecule has 0 saturated heterocycles. The Labute approximate surface area is 104 Å². The maximum Gasteiger partial charge on any atom is 0.0644 e. The molecule has 0 bridgehead atoms. The van der Waals surface area contributed by atoms with Crippen LogP contribution in [0.25, 0.3) is 0 Å². The second kappa shape index (κ2) is 6.17. The van der Waals surface area contributed by atoms with Gasteiger partial charge in [-0.3, -0.25) is 4.68 Å². The summed E-state index contributed by atoms with van der Waals surface area (Å²) in [7, 11) is 3.74. The van der Waals surface area contributed by atoms with E-state index in [4.69, 9.17) is 4.74 Å². The second-order valence-corrected chi connectivity index (χ2v) is 4.90. The van der Waals surface area contributed by atoms with Gasteiger partial charge in [0.2, 0.25) is 0 Å². The average molecular weight is 239 g/mol. The van der Waals surface area contributed by atoms with Gasteiger partial charge in [0, 0.05) is 44.6 Å². The Hall–Kier alpha value is -0.870. The van der Waals surface area contributed by atoms with E-state index in [2.05, 4.69) is 38.1 Å². The average Bonchev–Trinajstić information content (AvgIpc) is 2.50. The van der Waals surface area contributed by atoms with Gasteiger partial charge in [0.1, 0.15) is 0 Å². The molecule has 1 rings (SSSR count). The van der Waals surface area contributed by atoms with E-state index < -0.39 is 0 Å². The predicted molar refractivity (Wildman–Crippen MR) is 70.1 cm³/mol. The Morgan fingerprint density at radius 3 is 2.47 bits per heavy atom. The Bertz CT molecular complexity index is 360. The molecule has 2 unspecified atom stereocenters. The summed E-state index contributed by atoms with van der Waals surface area (Å²) in [5.41, 5.74) is 3.67. The summed E-state index contributed by atoms with van der Waals surface area (Å²) >= 11 is 0. The van der Waals surface area contributed by atoms with Gasteiger partial charge in [0.15, 0.2) is 0 Å². The molecule has 0 aliphatic carbocycles. The molecule has 2 atom stereocenters. The topological polar surface area (TPSA) is 39.1 Å². The molecule has 0 aromatic carbocycles. The van der Waals surface area contributed by atoms with Crippen molar-refractivity contribution in [2.45, 2.75) is 33.7 Å². The van der Waals surface area contributed by atoms with Crippen molar-refractivity contribution in [2.75, 3.05) is 20.3 Å². The van der Waals surface area contributed by atoms with Crippen LogP contribution in [0.3, 0.4) is 0 Å². The molecule has 1 heterocycles. The number of aryl methyl sites for hydroxylation is 2. The number of nitrogens with one attached hydrogen (secondary N) is 1. The number of ether oxygens (including phenoxy) is 1. The molecule has 0 fully saturated rings. The number of aromatic nitrogens is 2. The first-order valence-corrected chi connectivity index (χ1v) is 6.19. The maximum absolute atomic E-state index is 5.14. The lowest BCUT2D eigenvalue weighted by Crippen LogP contribution is -2.27. The number of methoxy groups -OCH3 is 1. The van der Waals surface area contributed by atoms with Crippen molar-refractivity contribution >= 4 is 0 Å². The smallest absolute Gasteiger partial charge is 0.0644 e. The summed E-state index contributed by atoms with van der Waals surface area (Å²) in [6.07, 6.45) is 0. The van der Waals surface area contributed by atoms with Crippen LogP contribution in [0.5, 0.6) is 0 Å². The van der Waals surface area contributed by atoms with Gasteiger partial charge in [-0.05, 0) is 26.7 Å². The molecule has 0 saturated carbocycles. The Morgan fingerprint density at radius 1 is 1.35 bits per heavy atom. The van der Waals surface area contributed by atoms with E-state index in [9.17, 15) is 0 Å². The summed E-state index contributed by atoms with van der Waals surface area (Å²) in [5, 5.41) is 7.99. The normalized spacial score (nSPS) is 14.9. The van der Waals surface area contributed by atoms with E-state index in [1.807, 2.05) is 11.7 Å². The third-order valence-electron chi connectivity index (χ3n) is 3.22. The minimum absolute atomic E-state index is 0.336. The van der Waals surface area contributed by atoms with Crippen molar-refractivity contribution in [1.82, 2.24) is 15.1 Å². The largest absolute Gasteiger partial charge is 0.384 e. The van der Waals surface area contributed by atoms with Crippen molar-refractivity contribution in [2.24, 2.45) is 13.0 Å². The Kier molecular flexibility index (Phi) is 5.15. The third-order valence-corrected chi connectivity index (χ3v) is 3.22. The summed E-state index contributed by atoms with van der Waals surface area (Å²) < 4.78 is 7.08. The van der Waals surface area contributed by atoms with Crippen LogP contribution >= 0.6 is 0 Å². The minimum Gasteiger partial charge on any atom is -0.384 e. The summed E-state index contributed by atoms with van der Waals surface area (Å²) in [5.74, 6) is 0.528. The second-order valence-electron chi connectivity index (χ2n) is 4.90. The van der Waals surface area contributed by atoms with Gasteiger partial charge >= 0.3 is 0 Å². The number of nitrogens with zero attached hydrogens (tertiary/aromatic N) is 2. The fourth-order valence-corrected chi connectivity index (χ4v) is 2.24. The molecule has 0 aliphatic rings. The van der Waals surface area contributed by atoms with Gasteiger partial charge in [-0.25, -0.2) is 0 Å². The van der Waals surface area contributed by atoms with Crippen molar-refractivity contribution in [1.29, 1.82) is 0 Å². The molecule has 4 heteroatoms. The number of hydrogen-bond donors (Lipinski definition) is 1. The van der Waals surface area contributed by atoms with Crippen LogP contribution in [0.4, 0.5) is 0 Å². The van der Waals surface area contributed by atoms with E-state index in [0.29, 0.717) is 12.0 Å². The van der Waals surface area contributed by atoms with Crippen LogP contribution in [-0.4, -0.2) is 30.0 Å².